The number of hydrogen-bond donors (Lipinski definition) is 0. The van der Waals surface area contributed by atoms with Crippen LogP contribution in [0.3, 0.4) is 0 Å². The van der Waals surface area contributed by atoms with Crippen LogP contribution in [0.4, 0.5) is 0 Å². The lowest BCUT2D eigenvalue weighted by Gasteiger charge is -2.12. The highest BCUT2D eigenvalue weighted by Gasteiger charge is 2.23. The van der Waals surface area contributed by atoms with Crippen LogP contribution in [0.15, 0.2) is 25.3 Å². The molecule has 0 saturated heterocycles. The van der Waals surface area contributed by atoms with E-state index in [1.165, 1.54) is 0 Å². The largest absolute Gasteiger partial charge is 0.270 e. The Labute approximate surface area is 80.2 Å². The van der Waals surface area contributed by atoms with Crippen molar-refractivity contribution < 1.29 is 12.6 Å². The Kier molecular flexibility index (Phi) is 5.66. The third-order valence-corrected chi connectivity index (χ3v) is 3.32. The fourth-order valence-corrected chi connectivity index (χ4v) is 2.23. The molecular weight excluding hydrogens is 188 g/mol. The van der Waals surface area contributed by atoms with Gasteiger partial charge in [0, 0.05) is 0 Å². The Bertz CT molecular complexity index is 244. The highest BCUT2D eigenvalue weighted by molar-refractivity contribution is 7.87. The average molecular weight is 204 g/mol. The molecule has 0 aromatic heterocycles. The molecule has 0 radical (unpaired) electrons. The van der Waals surface area contributed by atoms with Crippen molar-refractivity contribution in [3.05, 3.63) is 25.3 Å². The zero-order valence-electron chi connectivity index (χ0n) is 7.90. The van der Waals surface area contributed by atoms with Crippen LogP contribution in [-0.4, -0.2) is 20.3 Å². The van der Waals surface area contributed by atoms with E-state index in [9.17, 15) is 8.42 Å². The molecule has 0 fully saturated rings. The lowest BCUT2D eigenvalue weighted by molar-refractivity contribution is 0.330. The molecule has 0 aliphatic carbocycles. The molecule has 0 aromatic carbocycles. The van der Waals surface area contributed by atoms with E-state index in [1.54, 1.807) is 19.1 Å². The van der Waals surface area contributed by atoms with E-state index in [1.807, 2.05) is 0 Å². The molecule has 13 heavy (non-hydrogen) atoms. The van der Waals surface area contributed by atoms with Crippen molar-refractivity contribution in [2.24, 2.45) is 0 Å². The summed E-state index contributed by atoms with van der Waals surface area (Å²) >= 11 is 0. The van der Waals surface area contributed by atoms with Crippen LogP contribution >= 0.6 is 0 Å². The van der Waals surface area contributed by atoms with Crippen LogP contribution in [-0.2, 0) is 14.3 Å². The summed E-state index contributed by atoms with van der Waals surface area (Å²) in [6.45, 7) is 8.83. The molecule has 0 N–H and O–H groups in total. The zero-order chi connectivity index (χ0) is 10.3. The summed E-state index contributed by atoms with van der Waals surface area (Å²) in [5.74, 6) is 0. The van der Waals surface area contributed by atoms with Gasteiger partial charge in [0.1, 0.15) is 0 Å². The number of rotatable bonds is 7. The van der Waals surface area contributed by atoms with E-state index in [4.69, 9.17) is 0 Å². The maximum absolute atomic E-state index is 11.4. The van der Waals surface area contributed by atoms with Gasteiger partial charge < -0.3 is 0 Å². The summed E-state index contributed by atoms with van der Waals surface area (Å²) in [4.78, 5) is 0. The third-order valence-electron chi connectivity index (χ3n) is 1.55. The van der Waals surface area contributed by atoms with Crippen molar-refractivity contribution in [1.82, 2.24) is 0 Å². The predicted octanol–water partition coefficient (Wildman–Crippen LogP) is 1.87. The van der Waals surface area contributed by atoms with E-state index < -0.39 is 15.4 Å². The van der Waals surface area contributed by atoms with E-state index in [0.29, 0.717) is 12.8 Å². The number of hydrogen-bond acceptors (Lipinski definition) is 3. The van der Waals surface area contributed by atoms with Gasteiger partial charge in [-0.3, -0.25) is 4.18 Å². The van der Waals surface area contributed by atoms with Gasteiger partial charge in [-0.15, -0.1) is 13.2 Å². The molecule has 4 heteroatoms. The van der Waals surface area contributed by atoms with Gasteiger partial charge in [0.05, 0.1) is 11.9 Å². The molecule has 3 nitrogen and oxygen atoms in total. The van der Waals surface area contributed by atoms with Gasteiger partial charge in [0.15, 0.2) is 0 Å². The van der Waals surface area contributed by atoms with Crippen molar-refractivity contribution in [2.45, 2.75) is 25.0 Å². The predicted molar refractivity (Wildman–Crippen MR) is 54.0 cm³/mol. The Hall–Kier alpha value is -0.610. The molecule has 0 bridgehead atoms. The van der Waals surface area contributed by atoms with Gasteiger partial charge in [-0.1, -0.05) is 12.2 Å². The van der Waals surface area contributed by atoms with Crippen LogP contribution in [0.2, 0.25) is 0 Å². The highest BCUT2D eigenvalue weighted by atomic mass is 32.2. The summed E-state index contributed by atoms with van der Waals surface area (Å²) in [5, 5.41) is -0.539. The summed E-state index contributed by atoms with van der Waals surface area (Å²) in [7, 11) is -3.44. The second-order valence-corrected chi connectivity index (χ2v) is 4.46. The quantitative estimate of drug-likeness (QED) is 0.469. The maximum Gasteiger partial charge on any atom is 0.270 e. The lowest BCUT2D eigenvalue weighted by atomic mass is 10.2. The fourth-order valence-electron chi connectivity index (χ4n) is 0.964. The molecule has 0 saturated carbocycles. The van der Waals surface area contributed by atoms with Crippen LogP contribution in [0, 0.1) is 0 Å². The monoisotopic (exact) mass is 204 g/mol. The first-order chi connectivity index (χ1) is 6.08. The summed E-state index contributed by atoms with van der Waals surface area (Å²) in [6.07, 6.45) is 3.94. The van der Waals surface area contributed by atoms with Crippen molar-refractivity contribution in [3.8, 4) is 0 Å². The fraction of sp³-hybridized carbons (Fsp3) is 0.556. The minimum absolute atomic E-state index is 0.174. The van der Waals surface area contributed by atoms with Crippen molar-refractivity contribution >= 4 is 10.1 Å². The molecule has 0 aliphatic rings. The first-order valence-electron chi connectivity index (χ1n) is 4.18. The van der Waals surface area contributed by atoms with E-state index in [0.717, 1.165) is 0 Å². The van der Waals surface area contributed by atoms with Gasteiger partial charge in [-0.05, 0) is 19.8 Å². The Morgan fingerprint density at radius 1 is 1.31 bits per heavy atom. The minimum atomic E-state index is -3.44. The maximum atomic E-state index is 11.4. The van der Waals surface area contributed by atoms with Crippen LogP contribution in [0.25, 0.3) is 0 Å². The third kappa shape index (κ3) is 4.24. The normalized spacial score (nSPS) is 11.5. The molecule has 0 spiro atoms. The molecule has 0 aromatic rings. The van der Waals surface area contributed by atoms with Gasteiger partial charge in [0.25, 0.3) is 10.1 Å². The molecule has 0 heterocycles. The van der Waals surface area contributed by atoms with Crippen LogP contribution in [0.1, 0.15) is 19.8 Å². The second-order valence-electron chi connectivity index (χ2n) is 2.57. The lowest BCUT2D eigenvalue weighted by Crippen LogP contribution is -2.22. The molecule has 0 amide bonds. The van der Waals surface area contributed by atoms with Gasteiger partial charge in [-0.25, -0.2) is 0 Å². The molecule has 0 atom stereocenters. The van der Waals surface area contributed by atoms with E-state index in [2.05, 4.69) is 17.3 Å². The average Bonchev–Trinajstić information content (AvgIpc) is 2.04. The molecule has 0 aliphatic heterocycles. The Morgan fingerprint density at radius 3 is 2.08 bits per heavy atom. The molecular formula is C9H16O3S. The smallest absolute Gasteiger partial charge is 0.270 e. The van der Waals surface area contributed by atoms with E-state index in [-0.39, 0.29) is 6.61 Å². The van der Waals surface area contributed by atoms with Crippen molar-refractivity contribution in [3.63, 3.8) is 0 Å². The van der Waals surface area contributed by atoms with Crippen LogP contribution in [0.5, 0.6) is 0 Å². The standard InChI is InChI=1S/C9H16O3S/c1-4-7-9(8-5-2)13(10,11)12-6-3/h4-5,9H,1-2,6-8H2,3H3. The summed E-state index contributed by atoms with van der Waals surface area (Å²) < 4.78 is 27.5. The summed E-state index contributed by atoms with van der Waals surface area (Å²) in [6, 6.07) is 0. The first-order valence-corrected chi connectivity index (χ1v) is 5.65. The molecule has 0 rings (SSSR count). The van der Waals surface area contributed by atoms with Gasteiger partial charge in [-0.2, -0.15) is 8.42 Å². The minimum Gasteiger partial charge on any atom is -0.270 e. The van der Waals surface area contributed by atoms with Gasteiger partial charge >= 0.3 is 0 Å². The first kappa shape index (κ1) is 12.4. The Morgan fingerprint density at radius 2 is 1.77 bits per heavy atom. The van der Waals surface area contributed by atoms with Crippen LogP contribution < -0.4 is 0 Å². The van der Waals surface area contributed by atoms with E-state index >= 15 is 0 Å². The molecule has 0 unspecified atom stereocenters. The molecule has 76 valence electrons. The van der Waals surface area contributed by atoms with Gasteiger partial charge in [0.2, 0.25) is 0 Å². The topological polar surface area (TPSA) is 43.4 Å². The van der Waals surface area contributed by atoms with Crippen molar-refractivity contribution in [2.75, 3.05) is 6.61 Å². The Balaban J connectivity index is 4.50. The highest BCUT2D eigenvalue weighted by Crippen LogP contribution is 2.13. The summed E-state index contributed by atoms with van der Waals surface area (Å²) in [5.41, 5.74) is 0. The second kappa shape index (κ2) is 5.94. The SMILES string of the molecule is C=CCC(CC=C)S(=O)(=O)OCC. The van der Waals surface area contributed by atoms with Crippen molar-refractivity contribution in [1.29, 1.82) is 0 Å². The zero-order valence-corrected chi connectivity index (χ0v) is 8.72. The number of allylic oxidation sites excluding steroid dienone is 2.